The number of aryl methyl sites for hydroxylation is 1. The van der Waals surface area contributed by atoms with Gasteiger partial charge in [-0.2, -0.15) is 0 Å². The molecule has 2 rings (SSSR count). The predicted molar refractivity (Wildman–Crippen MR) is 81.2 cm³/mol. The molecule has 1 saturated heterocycles. The molecule has 0 aromatic heterocycles. The van der Waals surface area contributed by atoms with E-state index in [9.17, 15) is 5.11 Å². The van der Waals surface area contributed by atoms with Crippen molar-refractivity contribution in [2.24, 2.45) is 0 Å². The van der Waals surface area contributed by atoms with E-state index >= 15 is 0 Å². The first-order chi connectivity index (χ1) is 9.50. The third-order valence-corrected chi connectivity index (χ3v) is 3.78. The van der Waals surface area contributed by atoms with Crippen molar-refractivity contribution in [1.29, 1.82) is 0 Å². The molecule has 1 heterocycles. The van der Waals surface area contributed by atoms with Gasteiger partial charge >= 0.3 is 0 Å². The molecule has 0 spiro atoms. The maximum Gasteiger partial charge on any atom is 0.119 e. The molecule has 4 heteroatoms. The second-order valence-electron chi connectivity index (χ2n) is 6.24. The number of hydrogen-bond donors (Lipinski definition) is 2. The Balaban J connectivity index is 1.85. The van der Waals surface area contributed by atoms with Gasteiger partial charge in [-0.3, -0.25) is 4.90 Å². The van der Waals surface area contributed by atoms with E-state index in [1.807, 2.05) is 18.2 Å². The summed E-state index contributed by atoms with van der Waals surface area (Å²) in [4.78, 5) is 2.31. The topological polar surface area (TPSA) is 44.7 Å². The lowest BCUT2D eigenvalue weighted by atomic mass is 9.99. The van der Waals surface area contributed by atoms with Crippen LogP contribution in [0.25, 0.3) is 0 Å². The lowest BCUT2D eigenvalue weighted by Gasteiger charge is -2.43. The molecule has 0 saturated carbocycles. The minimum atomic E-state index is 0.0923. The van der Waals surface area contributed by atoms with Crippen LogP contribution in [0.2, 0.25) is 0 Å². The van der Waals surface area contributed by atoms with Gasteiger partial charge in [-0.1, -0.05) is 12.1 Å². The van der Waals surface area contributed by atoms with Gasteiger partial charge in [-0.05, 0) is 38.5 Å². The highest BCUT2D eigenvalue weighted by atomic mass is 16.5. The number of ether oxygens (including phenoxy) is 1. The monoisotopic (exact) mass is 278 g/mol. The molecule has 0 bridgehead atoms. The van der Waals surface area contributed by atoms with E-state index in [-0.39, 0.29) is 18.2 Å². The van der Waals surface area contributed by atoms with Crippen LogP contribution in [0.3, 0.4) is 0 Å². The number of piperazine rings is 1. The zero-order valence-corrected chi connectivity index (χ0v) is 12.7. The average Bonchev–Trinajstić information content (AvgIpc) is 2.38. The number of nitrogens with one attached hydrogen (secondary N) is 1. The van der Waals surface area contributed by atoms with Gasteiger partial charge in [0.1, 0.15) is 12.4 Å². The third-order valence-electron chi connectivity index (χ3n) is 3.78. The summed E-state index contributed by atoms with van der Waals surface area (Å²) in [6, 6.07) is 8.29. The van der Waals surface area contributed by atoms with Gasteiger partial charge in [0, 0.05) is 31.2 Å². The van der Waals surface area contributed by atoms with Crippen molar-refractivity contribution in [3.8, 4) is 5.75 Å². The van der Waals surface area contributed by atoms with Crippen molar-refractivity contribution in [3.05, 3.63) is 29.8 Å². The number of aliphatic hydroxyl groups is 1. The molecule has 1 aliphatic heterocycles. The van der Waals surface area contributed by atoms with E-state index in [2.05, 4.69) is 37.1 Å². The maximum atomic E-state index is 9.46. The van der Waals surface area contributed by atoms with Gasteiger partial charge in [0.15, 0.2) is 0 Å². The molecule has 20 heavy (non-hydrogen) atoms. The van der Waals surface area contributed by atoms with Crippen LogP contribution in [0, 0.1) is 6.92 Å². The quantitative estimate of drug-likeness (QED) is 0.855. The Labute approximate surface area is 121 Å². The van der Waals surface area contributed by atoms with Crippen molar-refractivity contribution in [2.75, 3.05) is 32.8 Å². The zero-order valence-electron chi connectivity index (χ0n) is 12.7. The molecule has 2 N–H and O–H groups in total. The molecule has 1 aliphatic rings. The molecular formula is C16H26N2O2. The normalized spacial score (nSPS) is 22.7. The average molecular weight is 278 g/mol. The fourth-order valence-electron chi connectivity index (χ4n) is 2.64. The molecule has 0 aliphatic carbocycles. The van der Waals surface area contributed by atoms with Crippen LogP contribution >= 0.6 is 0 Å². The van der Waals surface area contributed by atoms with Crippen molar-refractivity contribution in [2.45, 2.75) is 32.4 Å². The molecule has 1 fully saturated rings. The third kappa shape index (κ3) is 4.20. The Hall–Kier alpha value is -1.10. The van der Waals surface area contributed by atoms with E-state index < -0.39 is 0 Å². The fourth-order valence-corrected chi connectivity index (χ4v) is 2.64. The summed E-state index contributed by atoms with van der Waals surface area (Å²) in [5.41, 5.74) is 1.30. The number of hydrogen-bond acceptors (Lipinski definition) is 4. The van der Waals surface area contributed by atoms with E-state index in [1.165, 1.54) is 5.56 Å². The Kier molecular flexibility index (Phi) is 5.02. The van der Waals surface area contributed by atoms with Gasteiger partial charge in [0.25, 0.3) is 0 Å². The largest absolute Gasteiger partial charge is 0.492 e. The smallest absolute Gasteiger partial charge is 0.119 e. The summed E-state index contributed by atoms with van der Waals surface area (Å²) >= 11 is 0. The SMILES string of the molecule is Cc1cccc(OCCN2CC(C)(C)NCC2CO)c1. The molecule has 4 nitrogen and oxygen atoms in total. The van der Waals surface area contributed by atoms with Crippen LogP contribution in [0.5, 0.6) is 5.75 Å². The summed E-state index contributed by atoms with van der Waals surface area (Å²) in [5, 5.41) is 12.9. The summed E-state index contributed by atoms with van der Waals surface area (Å²) in [7, 11) is 0. The summed E-state index contributed by atoms with van der Waals surface area (Å²) in [5.74, 6) is 0.917. The van der Waals surface area contributed by atoms with Crippen LogP contribution in [0.1, 0.15) is 19.4 Å². The van der Waals surface area contributed by atoms with Gasteiger partial charge in [0.2, 0.25) is 0 Å². The van der Waals surface area contributed by atoms with Crippen LogP contribution in [0.15, 0.2) is 24.3 Å². The predicted octanol–water partition coefficient (Wildman–Crippen LogP) is 1.42. The van der Waals surface area contributed by atoms with Crippen LogP contribution < -0.4 is 10.1 Å². The van der Waals surface area contributed by atoms with Crippen LogP contribution in [-0.2, 0) is 0 Å². The highest BCUT2D eigenvalue weighted by Crippen LogP contribution is 2.16. The van der Waals surface area contributed by atoms with Gasteiger partial charge in [-0.15, -0.1) is 0 Å². The second kappa shape index (κ2) is 6.57. The lowest BCUT2D eigenvalue weighted by molar-refractivity contribution is 0.0473. The lowest BCUT2D eigenvalue weighted by Crippen LogP contribution is -2.63. The second-order valence-corrected chi connectivity index (χ2v) is 6.24. The minimum absolute atomic E-state index is 0.0923. The summed E-state index contributed by atoms with van der Waals surface area (Å²) in [6.07, 6.45) is 0. The Morgan fingerprint density at radius 3 is 2.95 bits per heavy atom. The van der Waals surface area contributed by atoms with Crippen molar-refractivity contribution >= 4 is 0 Å². The van der Waals surface area contributed by atoms with E-state index in [1.54, 1.807) is 0 Å². The van der Waals surface area contributed by atoms with Crippen LogP contribution in [-0.4, -0.2) is 54.4 Å². The molecule has 1 aromatic rings. The first kappa shape index (κ1) is 15.3. The standard InChI is InChI=1S/C16H26N2O2/c1-13-5-4-6-15(9-13)20-8-7-18-12-16(2,3)17-10-14(18)11-19/h4-6,9,14,17,19H,7-8,10-12H2,1-3H3. The molecule has 0 radical (unpaired) electrons. The zero-order chi connectivity index (χ0) is 14.6. The van der Waals surface area contributed by atoms with Gasteiger partial charge in [-0.25, -0.2) is 0 Å². The molecule has 1 atom stereocenters. The molecule has 1 aromatic carbocycles. The number of aliphatic hydroxyl groups excluding tert-OH is 1. The fraction of sp³-hybridized carbons (Fsp3) is 0.625. The number of rotatable bonds is 5. The highest BCUT2D eigenvalue weighted by molar-refractivity contribution is 5.27. The van der Waals surface area contributed by atoms with Gasteiger partial charge in [0.05, 0.1) is 6.61 Å². The van der Waals surface area contributed by atoms with Gasteiger partial charge < -0.3 is 15.2 Å². The Morgan fingerprint density at radius 2 is 2.25 bits per heavy atom. The molecule has 112 valence electrons. The summed E-state index contributed by atoms with van der Waals surface area (Å²) < 4.78 is 5.81. The highest BCUT2D eigenvalue weighted by Gasteiger charge is 2.31. The summed E-state index contributed by atoms with van der Waals surface area (Å²) in [6.45, 7) is 9.87. The minimum Gasteiger partial charge on any atom is -0.492 e. The van der Waals surface area contributed by atoms with Crippen molar-refractivity contribution in [1.82, 2.24) is 10.2 Å². The Bertz CT molecular complexity index is 434. The molecule has 0 amide bonds. The first-order valence-corrected chi connectivity index (χ1v) is 7.29. The number of benzene rings is 1. The van der Waals surface area contributed by atoms with E-state index in [0.29, 0.717) is 6.61 Å². The number of nitrogens with zero attached hydrogens (tertiary/aromatic N) is 1. The first-order valence-electron chi connectivity index (χ1n) is 7.29. The molecule has 1 unspecified atom stereocenters. The maximum absolute atomic E-state index is 9.46. The molecular weight excluding hydrogens is 252 g/mol. The van der Waals surface area contributed by atoms with Crippen molar-refractivity contribution in [3.63, 3.8) is 0 Å². The van der Waals surface area contributed by atoms with E-state index in [0.717, 1.165) is 25.4 Å². The van der Waals surface area contributed by atoms with E-state index in [4.69, 9.17) is 4.74 Å². The Morgan fingerprint density at radius 1 is 1.45 bits per heavy atom. The van der Waals surface area contributed by atoms with Crippen LogP contribution in [0.4, 0.5) is 0 Å². The van der Waals surface area contributed by atoms with Crippen molar-refractivity contribution < 1.29 is 9.84 Å².